The van der Waals surface area contributed by atoms with Crippen molar-refractivity contribution in [1.29, 1.82) is 0 Å². The number of nitrogens with one attached hydrogen (secondary N) is 1. The monoisotopic (exact) mass is 469 g/mol. The fourth-order valence-corrected chi connectivity index (χ4v) is 3.81. The van der Waals surface area contributed by atoms with E-state index in [0.717, 1.165) is 0 Å². The molecule has 1 unspecified atom stereocenters. The van der Waals surface area contributed by atoms with Gasteiger partial charge in [0.2, 0.25) is 5.95 Å². The number of aryl methyl sites for hydroxylation is 1. The van der Waals surface area contributed by atoms with Gasteiger partial charge in [0.05, 0.1) is 5.56 Å². The molecule has 0 saturated heterocycles. The maximum atomic E-state index is 15.4. The first-order chi connectivity index (χ1) is 15.7. The molecule has 6 nitrogen and oxygen atoms in total. The molecule has 2 aromatic carbocycles. The molecule has 0 radical (unpaired) electrons. The summed E-state index contributed by atoms with van der Waals surface area (Å²) in [4.78, 5) is 16.9. The summed E-state index contributed by atoms with van der Waals surface area (Å²) in [6.45, 7) is 3.11. The lowest BCUT2D eigenvalue weighted by atomic mass is 9.94. The van der Waals surface area contributed by atoms with Gasteiger partial charge in [-0.1, -0.05) is 35.9 Å². The number of amides is 1. The van der Waals surface area contributed by atoms with Crippen LogP contribution in [0.1, 0.15) is 34.8 Å². The molecule has 33 heavy (non-hydrogen) atoms. The molecular formula is C24H22ClF2N5O. The number of fused-ring (bicyclic) bond motifs is 1. The summed E-state index contributed by atoms with van der Waals surface area (Å²) in [5, 5.41) is 7.15. The van der Waals surface area contributed by atoms with Crippen molar-refractivity contribution in [2.75, 3.05) is 12.3 Å². The highest BCUT2D eigenvalue weighted by Gasteiger charge is 2.26. The first kappa shape index (κ1) is 22.7. The average molecular weight is 470 g/mol. The minimum Gasteiger partial charge on any atom is -0.366 e. The van der Waals surface area contributed by atoms with Gasteiger partial charge in [-0.15, -0.1) is 5.10 Å². The third kappa shape index (κ3) is 4.66. The van der Waals surface area contributed by atoms with E-state index in [4.69, 9.17) is 17.3 Å². The molecule has 2 heterocycles. The number of aromatic nitrogens is 3. The third-order valence-corrected chi connectivity index (χ3v) is 5.82. The number of hydrogen-bond acceptors (Lipinski definition) is 4. The van der Waals surface area contributed by atoms with Gasteiger partial charge in [0.15, 0.2) is 5.65 Å². The molecule has 0 fully saturated rings. The van der Waals surface area contributed by atoms with Crippen LogP contribution in [0.3, 0.4) is 0 Å². The summed E-state index contributed by atoms with van der Waals surface area (Å²) in [7, 11) is 0. The second kappa shape index (κ2) is 8.78. The number of nitrogens with zero attached hydrogens (tertiary/aromatic N) is 3. The minimum atomic E-state index is -1.68. The fourth-order valence-electron chi connectivity index (χ4n) is 3.68. The Morgan fingerprint density at radius 1 is 1.21 bits per heavy atom. The summed E-state index contributed by atoms with van der Waals surface area (Å²) in [6.07, 6.45) is 1.64. The zero-order chi connectivity index (χ0) is 23.8. The highest BCUT2D eigenvalue weighted by molar-refractivity contribution is 6.30. The molecule has 0 aliphatic heterocycles. The SMILES string of the molecule is Cc1ccc(-c2ccn3nc(N)nc3c2)c(F)c1C(=O)NCCC(C)(F)c1ccc(Cl)cc1. The predicted molar refractivity (Wildman–Crippen MR) is 124 cm³/mol. The number of nitrogen functional groups attached to an aromatic ring is 1. The number of nitrogens with two attached hydrogens (primary N) is 1. The van der Waals surface area contributed by atoms with Crippen LogP contribution in [0.15, 0.2) is 54.7 Å². The number of carbonyl (C=O) groups is 1. The van der Waals surface area contributed by atoms with Crippen LogP contribution in [0.5, 0.6) is 0 Å². The van der Waals surface area contributed by atoms with Crippen molar-refractivity contribution in [2.24, 2.45) is 0 Å². The number of rotatable bonds is 6. The topological polar surface area (TPSA) is 85.3 Å². The first-order valence-electron chi connectivity index (χ1n) is 10.3. The molecule has 0 aliphatic rings. The summed E-state index contributed by atoms with van der Waals surface area (Å²) >= 11 is 5.86. The van der Waals surface area contributed by atoms with E-state index < -0.39 is 17.4 Å². The second-order valence-electron chi connectivity index (χ2n) is 8.02. The van der Waals surface area contributed by atoms with E-state index in [1.54, 1.807) is 61.7 Å². The van der Waals surface area contributed by atoms with E-state index in [0.29, 0.717) is 27.4 Å². The molecule has 4 rings (SSSR count). The molecule has 170 valence electrons. The van der Waals surface area contributed by atoms with E-state index in [9.17, 15) is 4.79 Å². The van der Waals surface area contributed by atoms with E-state index >= 15 is 8.78 Å². The van der Waals surface area contributed by atoms with Crippen LogP contribution in [-0.4, -0.2) is 27.0 Å². The molecule has 3 N–H and O–H groups in total. The summed E-state index contributed by atoms with van der Waals surface area (Å²) < 4.78 is 32.0. The number of carbonyl (C=O) groups excluding carboxylic acids is 1. The van der Waals surface area contributed by atoms with Crippen molar-refractivity contribution in [1.82, 2.24) is 19.9 Å². The Bertz CT molecular complexity index is 1330. The van der Waals surface area contributed by atoms with Crippen LogP contribution in [0.2, 0.25) is 5.02 Å². The van der Waals surface area contributed by atoms with Gasteiger partial charge in [-0.3, -0.25) is 4.79 Å². The molecule has 0 spiro atoms. The lowest BCUT2D eigenvalue weighted by Crippen LogP contribution is -2.30. The van der Waals surface area contributed by atoms with Gasteiger partial charge in [0.25, 0.3) is 5.91 Å². The molecule has 4 aromatic rings. The number of anilines is 1. The Kier molecular flexibility index (Phi) is 6.03. The lowest BCUT2D eigenvalue weighted by molar-refractivity contribution is 0.0936. The normalized spacial score (nSPS) is 13.1. The first-order valence-corrected chi connectivity index (χ1v) is 10.7. The van der Waals surface area contributed by atoms with Crippen molar-refractivity contribution in [2.45, 2.75) is 25.9 Å². The standard InChI is InChI=1S/C24H22ClF2N5O/c1-14-3-8-18(15-9-12-32-19(13-15)30-23(28)31-32)21(26)20(14)22(33)29-11-10-24(2,27)16-4-6-17(25)7-5-16/h3-9,12-13H,10-11H2,1-2H3,(H2,28,31)(H,29,33). The number of halogens is 3. The number of pyridine rings is 1. The smallest absolute Gasteiger partial charge is 0.254 e. The van der Waals surface area contributed by atoms with E-state index in [2.05, 4.69) is 15.4 Å². The molecule has 1 amide bonds. The molecule has 9 heteroatoms. The van der Waals surface area contributed by atoms with Gasteiger partial charge in [0, 0.05) is 29.7 Å². The lowest BCUT2D eigenvalue weighted by Gasteiger charge is -2.21. The fraction of sp³-hybridized carbons (Fsp3) is 0.208. The highest BCUT2D eigenvalue weighted by Crippen LogP contribution is 2.30. The van der Waals surface area contributed by atoms with E-state index in [-0.39, 0.29) is 30.0 Å². The third-order valence-electron chi connectivity index (χ3n) is 5.57. The highest BCUT2D eigenvalue weighted by atomic mass is 35.5. The van der Waals surface area contributed by atoms with Gasteiger partial charge >= 0.3 is 0 Å². The molecule has 0 bridgehead atoms. The van der Waals surface area contributed by atoms with Crippen LogP contribution in [-0.2, 0) is 5.67 Å². The van der Waals surface area contributed by atoms with Gasteiger partial charge in [-0.05, 0) is 54.8 Å². The second-order valence-corrected chi connectivity index (χ2v) is 8.45. The maximum absolute atomic E-state index is 15.4. The largest absolute Gasteiger partial charge is 0.366 e. The van der Waals surface area contributed by atoms with Gasteiger partial charge < -0.3 is 11.1 Å². The van der Waals surface area contributed by atoms with Gasteiger partial charge in [-0.25, -0.2) is 13.3 Å². The van der Waals surface area contributed by atoms with Crippen molar-refractivity contribution >= 4 is 29.1 Å². The van der Waals surface area contributed by atoms with Crippen LogP contribution < -0.4 is 11.1 Å². The van der Waals surface area contributed by atoms with Crippen LogP contribution >= 0.6 is 11.6 Å². The summed E-state index contributed by atoms with van der Waals surface area (Å²) in [5.74, 6) is -1.16. The van der Waals surface area contributed by atoms with Crippen LogP contribution in [0, 0.1) is 12.7 Å². The number of alkyl halides is 1. The van der Waals surface area contributed by atoms with Crippen LogP contribution in [0.25, 0.3) is 16.8 Å². The predicted octanol–water partition coefficient (Wildman–Crippen LogP) is 5.08. The minimum absolute atomic E-state index is 0.0195. The van der Waals surface area contributed by atoms with Crippen molar-refractivity contribution in [3.63, 3.8) is 0 Å². The Hall–Kier alpha value is -3.52. The Morgan fingerprint density at radius 3 is 2.67 bits per heavy atom. The zero-order valence-corrected chi connectivity index (χ0v) is 18.8. The molecule has 0 saturated carbocycles. The van der Waals surface area contributed by atoms with E-state index in [1.807, 2.05) is 0 Å². The summed E-state index contributed by atoms with van der Waals surface area (Å²) in [5.41, 5.74) is 6.01. The Labute approximate surface area is 194 Å². The molecule has 0 aliphatic carbocycles. The van der Waals surface area contributed by atoms with E-state index in [1.165, 1.54) is 11.4 Å². The maximum Gasteiger partial charge on any atom is 0.254 e. The molecule has 2 aromatic heterocycles. The zero-order valence-electron chi connectivity index (χ0n) is 18.1. The Balaban J connectivity index is 1.53. The van der Waals surface area contributed by atoms with Crippen molar-refractivity contribution < 1.29 is 13.6 Å². The quantitative estimate of drug-likeness (QED) is 0.412. The average Bonchev–Trinajstić information content (AvgIpc) is 3.13. The molecule has 1 atom stereocenters. The number of hydrogen-bond donors (Lipinski definition) is 2. The molecular weight excluding hydrogens is 448 g/mol. The number of benzene rings is 2. The van der Waals surface area contributed by atoms with Gasteiger partial charge in [-0.2, -0.15) is 4.98 Å². The Morgan fingerprint density at radius 2 is 1.94 bits per heavy atom. The van der Waals surface area contributed by atoms with Crippen molar-refractivity contribution in [3.05, 3.63) is 82.3 Å². The van der Waals surface area contributed by atoms with Crippen molar-refractivity contribution in [3.8, 4) is 11.1 Å². The van der Waals surface area contributed by atoms with Crippen LogP contribution in [0.4, 0.5) is 14.7 Å². The summed E-state index contributed by atoms with van der Waals surface area (Å²) in [6, 6.07) is 13.0. The van der Waals surface area contributed by atoms with Gasteiger partial charge in [0.1, 0.15) is 11.5 Å².